The van der Waals surface area contributed by atoms with Gasteiger partial charge in [0.1, 0.15) is 0 Å². The molecule has 3 rings (SSSR count). The molecule has 0 N–H and O–H groups in total. The van der Waals surface area contributed by atoms with E-state index in [4.69, 9.17) is 0 Å². The molecule has 0 aromatic rings. The third-order valence-electron chi connectivity index (χ3n) is 4.21. The maximum atomic E-state index is 2.74. The van der Waals surface area contributed by atoms with Crippen LogP contribution in [-0.4, -0.2) is 23.5 Å². The third-order valence-corrected chi connectivity index (χ3v) is 4.21. The summed E-state index contributed by atoms with van der Waals surface area (Å²) in [6.45, 7) is 8.45. The summed E-state index contributed by atoms with van der Waals surface area (Å²) >= 11 is 0. The van der Waals surface area contributed by atoms with E-state index in [1.807, 2.05) is 0 Å². The average molecular weight is 181 g/mol. The van der Waals surface area contributed by atoms with Crippen LogP contribution in [0, 0.1) is 11.8 Å². The molecule has 3 unspecified atom stereocenters. The quantitative estimate of drug-likeness (QED) is 0.633. The number of piperidine rings is 2. The van der Waals surface area contributed by atoms with Crippen LogP contribution < -0.4 is 0 Å². The van der Waals surface area contributed by atoms with E-state index in [2.05, 4.69) is 25.7 Å². The Hall–Kier alpha value is -0.0400. The summed E-state index contributed by atoms with van der Waals surface area (Å²) in [6, 6.07) is 1.69. The molecule has 0 amide bonds. The zero-order chi connectivity index (χ0) is 9.42. The minimum atomic E-state index is 0.769. The molecule has 1 saturated carbocycles. The van der Waals surface area contributed by atoms with E-state index in [0.29, 0.717) is 0 Å². The van der Waals surface area contributed by atoms with Crippen LogP contribution in [0.25, 0.3) is 0 Å². The van der Waals surface area contributed by atoms with Gasteiger partial charge in [0.2, 0.25) is 0 Å². The van der Waals surface area contributed by atoms with Crippen molar-refractivity contribution < 1.29 is 0 Å². The number of hydrogen-bond donors (Lipinski definition) is 0. The monoisotopic (exact) mass is 181 g/mol. The molecule has 1 nitrogen and oxygen atoms in total. The topological polar surface area (TPSA) is 3.24 Å². The summed E-state index contributed by atoms with van der Waals surface area (Å²) in [4.78, 5) is 2.74. The summed E-state index contributed by atoms with van der Waals surface area (Å²) < 4.78 is 0. The molecule has 76 valence electrons. The Morgan fingerprint density at radius 1 is 1.31 bits per heavy atom. The molecular weight excluding hydrogens is 158 g/mol. The fraction of sp³-hybridized carbons (Fsp3) is 1.00. The molecule has 13 heavy (non-hydrogen) atoms. The number of rotatable bonds is 2. The Morgan fingerprint density at radius 2 is 2.08 bits per heavy atom. The lowest BCUT2D eigenvalue weighted by molar-refractivity contribution is -0.0149. The van der Waals surface area contributed by atoms with Gasteiger partial charge in [0.15, 0.2) is 0 Å². The molecule has 1 heteroatoms. The third kappa shape index (κ3) is 1.63. The van der Waals surface area contributed by atoms with Crippen LogP contribution in [0.2, 0.25) is 0 Å². The number of hydrogen-bond acceptors (Lipinski definition) is 1. The Morgan fingerprint density at radius 3 is 2.54 bits per heavy atom. The van der Waals surface area contributed by atoms with E-state index >= 15 is 0 Å². The number of nitrogens with zero attached hydrogens (tertiary/aromatic N) is 1. The smallest absolute Gasteiger partial charge is 0.0101 e. The van der Waals surface area contributed by atoms with Crippen molar-refractivity contribution in [2.75, 3.05) is 6.54 Å². The second-order valence-electron chi connectivity index (χ2n) is 5.19. The summed E-state index contributed by atoms with van der Waals surface area (Å²) in [5, 5.41) is 0. The van der Waals surface area contributed by atoms with E-state index in [0.717, 1.165) is 23.9 Å². The van der Waals surface area contributed by atoms with Crippen LogP contribution in [0.4, 0.5) is 0 Å². The summed E-state index contributed by atoms with van der Waals surface area (Å²) in [5.74, 6) is 2.08. The molecule has 0 aromatic carbocycles. The van der Waals surface area contributed by atoms with Crippen LogP contribution >= 0.6 is 0 Å². The van der Waals surface area contributed by atoms with Crippen LogP contribution in [0.1, 0.15) is 46.5 Å². The number of fused-ring (bicyclic) bond motifs is 3. The zero-order valence-electron chi connectivity index (χ0n) is 9.29. The van der Waals surface area contributed by atoms with Crippen molar-refractivity contribution in [2.24, 2.45) is 11.8 Å². The lowest BCUT2D eigenvalue weighted by Gasteiger charge is -2.51. The van der Waals surface area contributed by atoms with Gasteiger partial charge in [-0.25, -0.2) is 0 Å². The first-order chi connectivity index (χ1) is 6.22. The van der Waals surface area contributed by atoms with Gasteiger partial charge in [-0.3, -0.25) is 4.90 Å². The Balaban J connectivity index is 2.03. The van der Waals surface area contributed by atoms with Crippen molar-refractivity contribution in [3.63, 3.8) is 0 Å². The molecule has 0 spiro atoms. The summed E-state index contributed by atoms with van der Waals surface area (Å²) in [5.41, 5.74) is 0. The second kappa shape index (κ2) is 3.61. The highest BCUT2D eigenvalue weighted by Crippen LogP contribution is 2.41. The van der Waals surface area contributed by atoms with Crippen molar-refractivity contribution in [3.8, 4) is 0 Å². The first kappa shape index (κ1) is 9.51. The average Bonchev–Trinajstić information content (AvgIpc) is 2.18. The van der Waals surface area contributed by atoms with Crippen molar-refractivity contribution in [2.45, 2.75) is 58.5 Å². The van der Waals surface area contributed by atoms with Crippen LogP contribution in [-0.2, 0) is 0 Å². The molecule has 1 aliphatic carbocycles. The van der Waals surface area contributed by atoms with E-state index in [-0.39, 0.29) is 0 Å². The Labute approximate surface area is 82.5 Å². The van der Waals surface area contributed by atoms with Gasteiger partial charge in [0.25, 0.3) is 0 Å². The predicted molar refractivity (Wildman–Crippen MR) is 56.8 cm³/mol. The van der Waals surface area contributed by atoms with E-state index in [1.54, 1.807) is 0 Å². The summed E-state index contributed by atoms with van der Waals surface area (Å²) in [7, 11) is 0. The Bertz CT molecular complexity index is 176. The van der Waals surface area contributed by atoms with Gasteiger partial charge >= 0.3 is 0 Å². The molecule has 2 bridgehead atoms. The van der Waals surface area contributed by atoms with Gasteiger partial charge in [0.05, 0.1) is 0 Å². The fourth-order valence-electron chi connectivity index (χ4n) is 3.40. The van der Waals surface area contributed by atoms with Gasteiger partial charge in [-0.15, -0.1) is 0 Å². The highest BCUT2D eigenvalue weighted by molar-refractivity contribution is 4.93. The molecule has 0 aromatic heterocycles. The van der Waals surface area contributed by atoms with Gasteiger partial charge in [-0.1, -0.05) is 13.3 Å². The molecule has 2 saturated heterocycles. The first-order valence-corrected chi connectivity index (χ1v) is 5.98. The van der Waals surface area contributed by atoms with E-state index in [1.165, 1.54) is 32.2 Å². The van der Waals surface area contributed by atoms with E-state index in [9.17, 15) is 0 Å². The van der Waals surface area contributed by atoms with Crippen LogP contribution in [0.5, 0.6) is 0 Å². The zero-order valence-corrected chi connectivity index (χ0v) is 9.29. The highest BCUT2D eigenvalue weighted by atomic mass is 15.2. The second-order valence-corrected chi connectivity index (χ2v) is 5.19. The molecular formula is C12H23N. The van der Waals surface area contributed by atoms with Gasteiger partial charge in [0, 0.05) is 18.6 Å². The SMILES string of the molecule is CCC1CC2CCC1CN2C(C)C. The van der Waals surface area contributed by atoms with Crippen molar-refractivity contribution in [1.29, 1.82) is 0 Å². The minimum absolute atomic E-state index is 0.769. The normalized spacial score (nSPS) is 40.2. The predicted octanol–water partition coefficient (Wildman–Crippen LogP) is 2.91. The lowest BCUT2D eigenvalue weighted by Crippen LogP contribution is -2.54. The Kier molecular flexibility index (Phi) is 2.64. The van der Waals surface area contributed by atoms with Gasteiger partial charge < -0.3 is 0 Å². The molecule has 3 atom stereocenters. The van der Waals surface area contributed by atoms with Crippen molar-refractivity contribution in [1.82, 2.24) is 4.90 Å². The maximum Gasteiger partial charge on any atom is 0.0101 e. The highest BCUT2D eigenvalue weighted by Gasteiger charge is 2.39. The fourth-order valence-corrected chi connectivity index (χ4v) is 3.40. The maximum absolute atomic E-state index is 2.74. The molecule has 2 aliphatic heterocycles. The van der Waals surface area contributed by atoms with Crippen molar-refractivity contribution in [3.05, 3.63) is 0 Å². The van der Waals surface area contributed by atoms with Crippen molar-refractivity contribution >= 4 is 0 Å². The van der Waals surface area contributed by atoms with Gasteiger partial charge in [-0.05, 0) is 44.9 Å². The lowest BCUT2D eigenvalue weighted by atomic mass is 9.70. The minimum Gasteiger partial charge on any atom is -0.298 e. The molecule has 3 fully saturated rings. The van der Waals surface area contributed by atoms with Gasteiger partial charge in [-0.2, -0.15) is 0 Å². The van der Waals surface area contributed by atoms with E-state index < -0.39 is 0 Å². The van der Waals surface area contributed by atoms with Crippen LogP contribution in [0.15, 0.2) is 0 Å². The summed E-state index contributed by atoms with van der Waals surface area (Å²) in [6.07, 6.45) is 5.87. The standard InChI is InChI=1S/C12H23N/c1-4-10-7-12-6-5-11(10)8-13(12)9(2)3/h9-12H,4-8H2,1-3H3. The molecule has 0 radical (unpaired) electrons. The molecule has 3 aliphatic rings. The largest absolute Gasteiger partial charge is 0.298 e. The first-order valence-electron chi connectivity index (χ1n) is 5.98. The van der Waals surface area contributed by atoms with Crippen LogP contribution in [0.3, 0.4) is 0 Å². The molecule has 2 heterocycles.